The lowest BCUT2D eigenvalue weighted by atomic mass is 9.95. The largest absolute Gasteiger partial charge is 0.421 e. The number of nitrogens with zero attached hydrogens (tertiary/aromatic N) is 3. The number of aromatic nitrogens is 3. The van der Waals surface area contributed by atoms with Crippen LogP contribution in [-0.2, 0) is 16.6 Å². The number of thiophene rings is 1. The van der Waals surface area contributed by atoms with Crippen LogP contribution in [-0.4, -0.2) is 35.2 Å². The Hall–Kier alpha value is -2.44. The van der Waals surface area contributed by atoms with E-state index < -0.39 is 33.6 Å². The topological polar surface area (TPSA) is 88.0 Å². The van der Waals surface area contributed by atoms with Gasteiger partial charge in [-0.2, -0.15) is 13.2 Å². The van der Waals surface area contributed by atoms with Gasteiger partial charge in [0.15, 0.2) is 5.60 Å². The molecule has 12 heteroatoms. The van der Waals surface area contributed by atoms with E-state index in [4.69, 9.17) is 11.6 Å². The summed E-state index contributed by atoms with van der Waals surface area (Å²) in [6.07, 6.45) is -0.527. The minimum Gasteiger partial charge on any atom is -0.376 e. The van der Waals surface area contributed by atoms with E-state index in [1.807, 2.05) is 26.8 Å². The van der Waals surface area contributed by atoms with Crippen LogP contribution in [0.15, 0.2) is 55.0 Å². The molecule has 4 aromatic rings. The first kappa shape index (κ1) is 27.6. The fraction of sp³-hybridized carbons (Fsp3) is 0.320. The van der Waals surface area contributed by atoms with E-state index in [0.29, 0.717) is 28.0 Å². The van der Waals surface area contributed by atoms with Crippen molar-refractivity contribution < 1.29 is 22.5 Å². The minimum absolute atomic E-state index is 0.180. The number of hydrogen-bond donors (Lipinski definition) is 2. The number of rotatable bonds is 6. The molecule has 0 aliphatic heterocycles. The highest BCUT2D eigenvalue weighted by atomic mass is 35.5. The van der Waals surface area contributed by atoms with Crippen molar-refractivity contribution in [2.24, 2.45) is 0 Å². The Morgan fingerprint density at radius 1 is 1.03 bits per heavy atom. The van der Waals surface area contributed by atoms with E-state index in [9.17, 15) is 22.5 Å². The summed E-state index contributed by atoms with van der Waals surface area (Å²) in [5.74, 6) is 0. The lowest BCUT2D eigenvalue weighted by Crippen LogP contribution is -2.39. The van der Waals surface area contributed by atoms with Crippen LogP contribution in [0.25, 0.3) is 21.5 Å². The van der Waals surface area contributed by atoms with Crippen LogP contribution in [0.1, 0.15) is 49.9 Å². The molecule has 0 fully saturated rings. The van der Waals surface area contributed by atoms with Crippen LogP contribution in [0.2, 0.25) is 5.02 Å². The molecule has 37 heavy (non-hydrogen) atoms. The number of hydrogen-bond acceptors (Lipinski definition) is 6. The lowest BCUT2D eigenvalue weighted by Gasteiger charge is -2.26. The Balaban J connectivity index is 1.84. The number of halogens is 4. The molecule has 0 saturated carbocycles. The summed E-state index contributed by atoms with van der Waals surface area (Å²) in [6, 6.07) is 8.74. The zero-order valence-corrected chi connectivity index (χ0v) is 22.7. The van der Waals surface area contributed by atoms with Gasteiger partial charge < -0.3 is 5.11 Å². The van der Waals surface area contributed by atoms with Gasteiger partial charge in [0.2, 0.25) is 0 Å². The van der Waals surface area contributed by atoms with Gasteiger partial charge in [0.1, 0.15) is 5.69 Å². The molecule has 0 bridgehead atoms. The van der Waals surface area contributed by atoms with Gasteiger partial charge in [-0.25, -0.2) is 8.93 Å². The number of aliphatic hydroxyl groups is 1. The Kier molecular flexibility index (Phi) is 7.48. The Bertz CT molecular complexity index is 1470. The number of fused-ring (bicyclic) bond motifs is 1. The monoisotopic (exact) mass is 568 g/mol. The molecule has 4 rings (SSSR count). The highest BCUT2D eigenvalue weighted by Crippen LogP contribution is 2.41. The second-order valence-electron chi connectivity index (χ2n) is 9.53. The van der Waals surface area contributed by atoms with E-state index in [2.05, 4.69) is 19.7 Å². The maximum atomic E-state index is 13.4. The van der Waals surface area contributed by atoms with Crippen molar-refractivity contribution in [3.8, 4) is 11.4 Å². The molecular formula is C25H24ClF3N4O2S2. The van der Waals surface area contributed by atoms with E-state index in [0.717, 1.165) is 16.3 Å². The molecule has 4 aromatic heterocycles. The molecule has 6 nitrogen and oxygen atoms in total. The summed E-state index contributed by atoms with van der Waals surface area (Å²) < 4.78 is 56.6. The summed E-state index contributed by atoms with van der Waals surface area (Å²) >= 11 is 7.77. The Morgan fingerprint density at radius 2 is 1.73 bits per heavy atom. The van der Waals surface area contributed by atoms with Crippen LogP contribution in [0.3, 0.4) is 0 Å². The summed E-state index contributed by atoms with van der Waals surface area (Å²) in [5.41, 5.74) is -2.37. The van der Waals surface area contributed by atoms with Gasteiger partial charge in [-0.3, -0.25) is 15.0 Å². The van der Waals surface area contributed by atoms with Gasteiger partial charge >= 0.3 is 6.18 Å². The Morgan fingerprint density at radius 3 is 2.38 bits per heavy atom. The molecule has 0 radical (unpaired) electrons. The summed E-state index contributed by atoms with van der Waals surface area (Å²) in [4.78, 5) is 13.8. The predicted molar refractivity (Wildman–Crippen MR) is 141 cm³/mol. The molecular weight excluding hydrogens is 545 g/mol. The molecule has 0 saturated heterocycles. The SMILES string of the molecule is CC(C)(C)S(=O)NC(c1cc2ccnc(-c3cc([C@@](C)(O)C(F)(F)F)ccn3)c2s1)c1ncccc1Cl. The number of nitrogens with one attached hydrogen (secondary N) is 1. The highest BCUT2D eigenvalue weighted by Gasteiger charge is 2.51. The van der Waals surface area contributed by atoms with Crippen molar-refractivity contribution in [3.05, 3.63) is 76.1 Å². The van der Waals surface area contributed by atoms with Gasteiger partial charge in [0, 0.05) is 23.5 Å². The molecule has 2 unspecified atom stereocenters. The first-order chi connectivity index (χ1) is 17.2. The fourth-order valence-electron chi connectivity index (χ4n) is 3.48. The van der Waals surface area contributed by atoms with Crippen molar-refractivity contribution in [2.45, 2.75) is 50.3 Å². The molecule has 0 aliphatic rings. The third kappa shape index (κ3) is 5.56. The lowest BCUT2D eigenvalue weighted by molar-refractivity contribution is -0.258. The van der Waals surface area contributed by atoms with Gasteiger partial charge in [-0.05, 0) is 75.0 Å². The fourth-order valence-corrected chi connectivity index (χ4v) is 5.80. The quantitative estimate of drug-likeness (QED) is 0.284. The van der Waals surface area contributed by atoms with Crippen molar-refractivity contribution in [1.82, 2.24) is 19.7 Å². The van der Waals surface area contributed by atoms with E-state index in [1.54, 1.807) is 24.4 Å². The number of pyridine rings is 3. The van der Waals surface area contributed by atoms with Crippen molar-refractivity contribution >= 4 is 44.0 Å². The molecule has 0 amide bonds. The summed E-state index contributed by atoms with van der Waals surface area (Å²) in [5, 5.41) is 11.3. The van der Waals surface area contributed by atoms with E-state index >= 15 is 0 Å². The first-order valence-corrected chi connectivity index (χ1v) is 13.5. The van der Waals surface area contributed by atoms with Crippen LogP contribution < -0.4 is 4.72 Å². The maximum Gasteiger partial charge on any atom is 0.421 e. The smallest absolute Gasteiger partial charge is 0.376 e. The van der Waals surface area contributed by atoms with Crippen molar-refractivity contribution in [3.63, 3.8) is 0 Å². The normalized spacial score (nSPS) is 15.9. The second-order valence-corrected chi connectivity index (χ2v) is 13.0. The molecule has 3 atom stereocenters. The Labute approximate surface area is 223 Å². The molecule has 2 N–H and O–H groups in total. The third-order valence-corrected chi connectivity index (χ3v) is 8.80. The van der Waals surface area contributed by atoms with Gasteiger partial charge in [-0.15, -0.1) is 11.3 Å². The van der Waals surface area contributed by atoms with E-state index in [-0.39, 0.29) is 11.3 Å². The van der Waals surface area contributed by atoms with Gasteiger partial charge in [-0.1, -0.05) is 11.6 Å². The second kappa shape index (κ2) is 10.0. The predicted octanol–water partition coefficient (Wildman–Crippen LogP) is 6.32. The van der Waals surface area contributed by atoms with Gasteiger partial charge in [0.25, 0.3) is 0 Å². The van der Waals surface area contributed by atoms with Crippen molar-refractivity contribution in [2.75, 3.05) is 0 Å². The molecule has 0 aromatic carbocycles. The molecule has 196 valence electrons. The standard InChI is InChI=1S/C25H24ClF3N4O2S2/c1-23(2,3)37(35)33-21(19-16(26)6-5-9-31-19)18-12-14-7-10-32-20(22(14)36-18)17-13-15(8-11-30-17)24(4,34)25(27,28)29/h5-13,21,33-34H,1-4H3/t21?,24-,37?/m1/s1. The first-order valence-electron chi connectivity index (χ1n) is 11.1. The minimum atomic E-state index is -4.87. The van der Waals surface area contributed by atoms with Crippen LogP contribution >= 0.6 is 22.9 Å². The summed E-state index contributed by atoms with van der Waals surface area (Å²) in [7, 11) is -1.47. The van der Waals surface area contributed by atoms with Crippen molar-refractivity contribution in [1.29, 1.82) is 0 Å². The third-order valence-electron chi connectivity index (χ3n) is 5.70. The zero-order valence-electron chi connectivity index (χ0n) is 20.3. The molecule has 0 spiro atoms. The average molecular weight is 569 g/mol. The zero-order chi connectivity index (χ0) is 27.2. The maximum absolute atomic E-state index is 13.4. The number of alkyl halides is 3. The van der Waals surface area contributed by atoms with Crippen LogP contribution in [0.5, 0.6) is 0 Å². The molecule has 4 heterocycles. The highest BCUT2D eigenvalue weighted by molar-refractivity contribution is 7.84. The van der Waals surface area contributed by atoms with Crippen LogP contribution in [0.4, 0.5) is 13.2 Å². The van der Waals surface area contributed by atoms with E-state index in [1.165, 1.54) is 29.8 Å². The van der Waals surface area contributed by atoms with Gasteiger partial charge in [0.05, 0.1) is 42.9 Å². The summed E-state index contributed by atoms with van der Waals surface area (Å²) in [6.45, 7) is 6.23. The average Bonchev–Trinajstić information content (AvgIpc) is 3.26. The van der Waals surface area contributed by atoms with Crippen LogP contribution in [0, 0.1) is 0 Å². The molecule has 0 aliphatic carbocycles.